The van der Waals surface area contributed by atoms with E-state index in [2.05, 4.69) is 195 Å². The SMILES string of the molecule is CC1(C)C2=C(C=CCC2)c2ccc(N(c3ccc(-c4ccccc4)cc3)c3cc(-c4cccc5ccccc45)ccc3-c3ccccc3)cc21. The molecule has 50 heavy (non-hydrogen) atoms. The van der Waals surface area contributed by atoms with Crippen LogP contribution >= 0.6 is 0 Å². The summed E-state index contributed by atoms with van der Waals surface area (Å²) in [5.74, 6) is 0. The molecule has 2 aliphatic carbocycles. The summed E-state index contributed by atoms with van der Waals surface area (Å²) in [7, 11) is 0. The Kier molecular flexibility index (Phi) is 7.36. The van der Waals surface area contributed by atoms with Crippen molar-refractivity contribution in [2.75, 3.05) is 4.90 Å². The molecule has 0 saturated heterocycles. The minimum Gasteiger partial charge on any atom is -0.310 e. The number of anilines is 3. The number of benzene rings is 7. The average Bonchev–Trinajstić information content (AvgIpc) is 3.41. The lowest BCUT2D eigenvalue weighted by molar-refractivity contribution is 0.607. The van der Waals surface area contributed by atoms with Crippen LogP contribution in [0, 0.1) is 0 Å². The predicted molar refractivity (Wildman–Crippen MR) is 213 cm³/mol. The third-order valence-electron chi connectivity index (χ3n) is 10.8. The summed E-state index contributed by atoms with van der Waals surface area (Å²) in [6, 6.07) is 60.1. The van der Waals surface area contributed by atoms with Gasteiger partial charge in [0.1, 0.15) is 0 Å². The first kappa shape index (κ1) is 30.2. The highest BCUT2D eigenvalue weighted by molar-refractivity contribution is 5.99. The number of hydrogen-bond donors (Lipinski definition) is 0. The van der Waals surface area contributed by atoms with Gasteiger partial charge in [-0.3, -0.25) is 0 Å². The van der Waals surface area contributed by atoms with Crippen LogP contribution in [0.5, 0.6) is 0 Å². The van der Waals surface area contributed by atoms with Crippen LogP contribution in [0.4, 0.5) is 17.1 Å². The van der Waals surface area contributed by atoms with E-state index < -0.39 is 0 Å². The molecule has 9 rings (SSSR count). The highest BCUT2D eigenvalue weighted by Gasteiger charge is 2.38. The molecule has 0 bridgehead atoms. The number of nitrogens with zero attached hydrogens (tertiary/aromatic N) is 1. The average molecular weight is 642 g/mol. The lowest BCUT2D eigenvalue weighted by Gasteiger charge is -2.31. The Balaban J connectivity index is 1.28. The van der Waals surface area contributed by atoms with E-state index in [4.69, 9.17) is 0 Å². The van der Waals surface area contributed by atoms with Crippen molar-refractivity contribution in [3.05, 3.63) is 193 Å². The summed E-state index contributed by atoms with van der Waals surface area (Å²) < 4.78 is 0. The van der Waals surface area contributed by atoms with E-state index in [1.165, 1.54) is 66.5 Å². The van der Waals surface area contributed by atoms with Gasteiger partial charge in [-0.25, -0.2) is 0 Å². The van der Waals surface area contributed by atoms with Gasteiger partial charge in [-0.1, -0.05) is 165 Å². The van der Waals surface area contributed by atoms with E-state index >= 15 is 0 Å². The summed E-state index contributed by atoms with van der Waals surface area (Å²) in [6.45, 7) is 4.82. The Labute approximate surface area is 295 Å². The van der Waals surface area contributed by atoms with Gasteiger partial charge in [0.05, 0.1) is 5.69 Å². The Morgan fingerprint density at radius 3 is 1.94 bits per heavy atom. The minimum atomic E-state index is -0.0265. The molecule has 2 aliphatic rings. The minimum absolute atomic E-state index is 0.0265. The molecule has 0 amide bonds. The van der Waals surface area contributed by atoms with E-state index in [0.29, 0.717) is 0 Å². The fourth-order valence-corrected chi connectivity index (χ4v) is 8.24. The highest BCUT2D eigenvalue weighted by atomic mass is 15.1. The summed E-state index contributed by atoms with van der Waals surface area (Å²) in [4.78, 5) is 2.48. The van der Waals surface area contributed by atoms with Crippen LogP contribution in [-0.2, 0) is 5.41 Å². The number of allylic oxidation sites excluding steroid dienone is 4. The topological polar surface area (TPSA) is 3.24 Å². The second-order valence-electron chi connectivity index (χ2n) is 14.1. The van der Waals surface area contributed by atoms with E-state index in [0.717, 1.165) is 24.2 Å². The van der Waals surface area contributed by atoms with Crippen molar-refractivity contribution in [1.29, 1.82) is 0 Å². The zero-order chi connectivity index (χ0) is 33.7. The van der Waals surface area contributed by atoms with E-state index in [9.17, 15) is 0 Å². The molecule has 0 aromatic heterocycles. The molecule has 0 spiro atoms. The van der Waals surface area contributed by atoms with Crippen molar-refractivity contribution >= 4 is 33.4 Å². The van der Waals surface area contributed by atoms with Crippen molar-refractivity contribution in [2.24, 2.45) is 0 Å². The molecule has 0 radical (unpaired) electrons. The molecule has 1 nitrogen and oxygen atoms in total. The second-order valence-corrected chi connectivity index (χ2v) is 14.1. The molecule has 0 aliphatic heterocycles. The first-order chi connectivity index (χ1) is 24.6. The van der Waals surface area contributed by atoms with Crippen LogP contribution in [0.2, 0.25) is 0 Å². The molecule has 0 heterocycles. The standard InChI is InChI=1S/C49H39N/c1-49(2)46-23-12-11-21-44(46)45-31-29-40(33-47(45)49)50(39-27-24-35(25-28-39)34-14-5-3-6-15-34)48-32-38(26-30-43(48)37-16-7-4-8-17-37)42-22-13-19-36-18-9-10-20-41(36)42/h3-11,13-22,24-33H,12,23H2,1-2H3. The van der Waals surface area contributed by atoms with Gasteiger partial charge in [0, 0.05) is 22.4 Å². The maximum Gasteiger partial charge on any atom is 0.0546 e. The molecule has 240 valence electrons. The molecular weight excluding hydrogens is 603 g/mol. The Morgan fingerprint density at radius 1 is 0.500 bits per heavy atom. The first-order valence-electron chi connectivity index (χ1n) is 17.7. The summed E-state index contributed by atoms with van der Waals surface area (Å²) in [5.41, 5.74) is 16.4. The quantitative estimate of drug-likeness (QED) is 0.175. The molecule has 7 aromatic rings. The maximum absolute atomic E-state index is 2.48. The van der Waals surface area contributed by atoms with Gasteiger partial charge >= 0.3 is 0 Å². The van der Waals surface area contributed by atoms with E-state index in [1.807, 2.05) is 0 Å². The van der Waals surface area contributed by atoms with Gasteiger partial charge in [-0.2, -0.15) is 0 Å². The van der Waals surface area contributed by atoms with Gasteiger partial charge in [-0.05, 0) is 98.5 Å². The third kappa shape index (κ3) is 5.09. The van der Waals surface area contributed by atoms with Crippen molar-refractivity contribution in [2.45, 2.75) is 32.1 Å². The summed E-state index contributed by atoms with van der Waals surface area (Å²) >= 11 is 0. The number of rotatable bonds is 6. The van der Waals surface area contributed by atoms with Crippen LogP contribution < -0.4 is 4.90 Å². The fraction of sp³-hybridized carbons (Fsp3) is 0.102. The lowest BCUT2D eigenvalue weighted by atomic mass is 9.78. The Bertz CT molecular complexity index is 2420. The van der Waals surface area contributed by atoms with Crippen molar-refractivity contribution in [1.82, 2.24) is 0 Å². The van der Waals surface area contributed by atoms with Crippen molar-refractivity contribution in [3.63, 3.8) is 0 Å². The van der Waals surface area contributed by atoms with E-state index in [1.54, 1.807) is 5.57 Å². The smallest absolute Gasteiger partial charge is 0.0546 e. The van der Waals surface area contributed by atoms with Crippen LogP contribution in [0.15, 0.2) is 182 Å². The third-order valence-corrected chi connectivity index (χ3v) is 10.8. The second kappa shape index (κ2) is 12.2. The van der Waals surface area contributed by atoms with Gasteiger partial charge in [0.2, 0.25) is 0 Å². The van der Waals surface area contributed by atoms with Crippen LogP contribution in [0.1, 0.15) is 37.8 Å². The Morgan fingerprint density at radius 2 is 1.14 bits per heavy atom. The zero-order valence-corrected chi connectivity index (χ0v) is 28.6. The first-order valence-corrected chi connectivity index (χ1v) is 17.7. The molecule has 0 N–H and O–H groups in total. The molecule has 0 atom stereocenters. The highest BCUT2D eigenvalue weighted by Crippen LogP contribution is 2.52. The van der Waals surface area contributed by atoms with Crippen LogP contribution in [0.25, 0.3) is 49.7 Å². The molecular formula is C49H39N. The van der Waals surface area contributed by atoms with E-state index in [-0.39, 0.29) is 5.41 Å². The summed E-state index contributed by atoms with van der Waals surface area (Å²) in [5, 5.41) is 2.51. The predicted octanol–water partition coefficient (Wildman–Crippen LogP) is 13.7. The van der Waals surface area contributed by atoms with Gasteiger partial charge in [-0.15, -0.1) is 0 Å². The molecule has 0 unspecified atom stereocenters. The fourth-order valence-electron chi connectivity index (χ4n) is 8.24. The van der Waals surface area contributed by atoms with Gasteiger partial charge in [0.25, 0.3) is 0 Å². The van der Waals surface area contributed by atoms with Gasteiger partial charge in [0.15, 0.2) is 0 Å². The zero-order valence-electron chi connectivity index (χ0n) is 28.6. The normalized spacial score (nSPS) is 14.4. The van der Waals surface area contributed by atoms with Crippen molar-refractivity contribution < 1.29 is 0 Å². The van der Waals surface area contributed by atoms with Crippen LogP contribution in [0.3, 0.4) is 0 Å². The maximum atomic E-state index is 2.48. The summed E-state index contributed by atoms with van der Waals surface area (Å²) in [6.07, 6.45) is 6.93. The Hall–Kier alpha value is -5.92. The number of hydrogen-bond acceptors (Lipinski definition) is 1. The molecule has 0 saturated carbocycles. The van der Waals surface area contributed by atoms with Crippen molar-refractivity contribution in [3.8, 4) is 33.4 Å². The largest absolute Gasteiger partial charge is 0.310 e. The lowest BCUT2D eigenvalue weighted by Crippen LogP contribution is -2.19. The number of fused-ring (bicyclic) bond motifs is 3. The monoisotopic (exact) mass is 641 g/mol. The molecule has 0 fully saturated rings. The molecule has 7 aromatic carbocycles. The van der Waals surface area contributed by atoms with Crippen LogP contribution in [-0.4, -0.2) is 0 Å². The molecule has 1 heteroatoms. The van der Waals surface area contributed by atoms with Gasteiger partial charge < -0.3 is 4.90 Å².